The van der Waals surface area contributed by atoms with Crippen molar-refractivity contribution in [2.45, 2.75) is 25.7 Å². The predicted molar refractivity (Wildman–Crippen MR) is 70.0 cm³/mol. The molecule has 0 saturated carbocycles. The molecule has 1 fully saturated rings. The van der Waals surface area contributed by atoms with E-state index < -0.39 is 22.7 Å². The van der Waals surface area contributed by atoms with E-state index in [1.54, 1.807) is 0 Å². The molecule has 1 N–H and O–H groups in total. The predicted octanol–water partition coefficient (Wildman–Crippen LogP) is 0.140. The number of nitrogens with zero attached hydrogens (tertiary/aromatic N) is 2. The Balaban J connectivity index is 2.80. The van der Waals surface area contributed by atoms with Crippen LogP contribution in [0.15, 0.2) is 0 Å². The Hall–Kier alpha value is -0.700. The average molecular weight is 294 g/mol. The van der Waals surface area contributed by atoms with E-state index in [-0.39, 0.29) is 13.2 Å². The molecule has 0 aromatic heterocycles. The van der Waals surface area contributed by atoms with Gasteiger partial charge in [0.1, 0.15) is 6.54 Å². The quantitative estimate of drug-likeness (QED) is 0.721. The zero-order valence-corrected chi connectivity index (χ0v) is 12.1. The van der Waals surface area contributed by atoms with Crippen LogP contribution in [-0.4, -0.2) is 68.0 Å². The highest BCUT2D eigenvalue weighted by molar-refractivity contribution is 7.86. The summed E-state index contributed by atoms with van der Waals surface area (Å²) in [5.41, 5.74) is 0. The van der Waals surface area contributed by atoms with E-state index in [1.807, 2.05) is 0 Å². The third-order valence-electron chi connectivity index (χ3n) is 3.07. The summed E-state index contributed by atoms with van der Waals surface area (Å²) in [5.74, 6) is -1.16. The first-order valence-electron chi connectivity index (χ1n) is 6.44. The first kappa shape index (κ1) is 16.4. The van der Waals surface area contributed by atoms with Crippen LogP contribution in [0.1, 0.15) is 25.7 Å². The van der Waals surface area contributed by atoms with Crippen LogP contribution in [-0.2, 0) is 19.7 Å². The Morgan fingerprint density at radius 3 is 2.32 bits per heavy atom. The zero-order chi connectivity index (χ0) is 14.3. The maximum Gasteiger partial charge on any atom is 0.318 e. The van der Waals surface area contributed by atoms with E-state index in [1.165, 1.54) is 11.4 Å². The van der Waals surface area contributed by atoms with E-state index in [4.69, 9.17) is 9.84 Å². The van der Waals surface area contributed by atoms with Gasteiger partial charge in [-0.2, -0.15) is 17.0 Å². The molecule has 0 amide bonds. The van der Waals surface area contributed by atoms with Gasteiger partial charge in [-0.25, -0.2) is 0 Å². The van der Waals surface area contributed by atoms with Crippen molar-refractivity contribution in [2.24, 2.45) is 0 Å². The number of hydrogen-bond acceptors (Lipinski definition) is 4. The Morgan fingerprint density at radius 2 is 1.84 bits per heavy atom. The lowest BCUT2D eigenvalue weighted by Crippen LogP contribution is -2.47. The standard InChI is InChI=1S/C11H22N2O5S/c1-18-9-8-13(10-11(14)15)19(16,17)12-6-4-2-3-5-7-12/h2-10H2,1H3,(H,14,15). The molecule has 7 nitrogen and oxygen atoms in total. The van der Waals surface area contributed by atoms with Gasteiger partial charge < -0.3 is 9.84 Å². The molecule has 8 heteroatoms. The summed E-state index contributed by atoms with van der Waals surface area (Å²) in [6, 6.07) is 0. The van der Waals surface area contributed by atoms with Crippen molar-refractivity contribution in [3.05, 3.63) is 0 Å². The maximum absolute atomic E-state index is 12.4. The van der Waals surface area contributed by atoms with Crippen molar-refractivity contribution in [3.8, 4) is 0 Å². The lowest BCUT2D eigenvalue weighted by molar-refractivity contribution is -0.137. The fraction of sp³-hybridized carbons (Fsp3) is 0.909. The van der Waals surface area contributed by atoms with Crippen LogP contribution >= 0.6 is 0 Å². The van der Waals surface area contributed by atoms with E-state index in [2.05, 4.69) is 0 Å². The summed E-state index contributed by atoms with van der Waals surface area (Å²) in [4.78, 5) is 10.8. The highest BCUT2D eigenvalue weighted by Gasteiger charge is 2.31. The molecule has 0 aromatic carbocycles. The van der Waals surface area contributed by atoms with Crippen LogP contribution in [0.2, 0.25) is 0 Å². The van der Waals surface area contributed by atoms with E-state index in [0.717, 1.165) is 30.0 Å². The summed E-state index contributed by atoms with van der Waals surface area (Å²) >= 11 is 0. The number of hydrogen-bond donors (Lipinski definition) is 1. The lowest BCUT2D eigenvalue weighted by atomic mass is 10.2. The molecule has 1 aliphatic rings. The largest absolute Gasteiger partial charge is 0.480 e. The van der Waals surface area contributed by atoms with Crippen molar-refractivity contribution in [3.63, 3.8) is 0 Å². The minimum Gasteiger partial charge on any atom is -0.480 e. The van der Waals surface area contributed by atoms with Crippen molar-refractivity contribution in [2.75, 3.05) is 39.9 Å². The summed E-state index contributed by atoms with van der Waals surface area (Å²) < 4.78 is 32.0. The number of carboxylic acid groups (broad SMARTS) is 1. The van der Waals surface area contributed by atoms with Crippen molar-refractivity contribution in [1.82, 2.24) is 8.61 Å². The number of ether oxygens (including phenoxy) is 1. The number of aliphatic carboxylic acids is 1. The van der Waals surface area contributed by atoms with Gasteiger partial charge in [-0.1, -0.05) is 12.8 Å². The third-order valence-corrected chi connectivity index (χ3v) is 5.06. The number of methoxy groups -OCH3 is 1. The molecule has 112 valence electrons. The SMILES string of the molecule is COCCN(CC(=O)O)S(=O)(=O)N1CCCCCC1. The highest BCUT2D eigenvalue weighted by Crippen LogP contribution is 2.16. The Morgan fingerprint density at radius 1 is 1.26 bits per heavy atom. The van der Waals surface area contributed by atoms with E-state index >= 15 is 0 Å². The fourth-order valence-corrected chi connectivity index (χ4v) is 3.68. The molecular weight excluding hydrogens is 272 g/mol. The second-order valence-corrected chi connectivity index (χ2v) is 6.47. The van der Waals surface area contributed by atoms with Gasteiger partial charge in [0.05, 0.1) is 6.61 Å². The summed E-state index contributed by atoms with van der Waals surface area (Å²) in [6.45, 7) is 0.640. The van der Waals surface area contributed by atoms with Gasteiger partial charge in [0.2, 0.25) is 0 Å². The van der Waals surface area contributed by atoms with Crippen LogP contribution in [0, 0.1) is 0 Å². The molecule has 0 radical (unpaired) electrons. The molecule has 0 atom stereocenters. The third kappa shape index (κ3) is 5.06. The molecule has 0 bridgehead atoms. The van der Waals surface area contributed by atoms with Gasteiger partial charge in [0.25, 0.3) is 10.2 Å². The summed E-state index contributed by atoms with van der Waals surface area (Å²) in [6.07, 6.45) is 3.68. The van der Waals surface area contributed by atoms with Gasteiger partial charge in [0.15, 0.2) is 0 Å². The molecule has 1 heterocycles. The molecule has 1 rings (SSSR count). The Labute approximate surface area is 114 Å². The molecule has 1 aliphatic heterocycles. The molecular formula is C11H22N2O5S. The minimum absolute atomic E-state index is 0.0572. The second kappa shape index (κ2) is 7.78. The van der Waals surface area contributed by atoms with Crippen LogP contribution in [0.3, 0.4) is 0 Å². The smallest absolute Gasteiger partial charge is 0.318 e. The summed E-state index contributed by atoms with van der Waals surface area (Å²) in [5, 5.41) is 8.84. The molecule has 0 aromatic rings. The van der Waals surface area contributed by atoms with Crippen molar-refractivity contribution in [1.29, 1.82) is 0 Å². The Kier molecular flexibility index (Phi) is 6.70. The van der Waals surface area contributed by atoms with Crippen LogP contribution in [0.25, 0.3) is 0 Å². The van der Waals surface area contributed by atoms with Crippen molar-refractivity contribution < 1.29 is 23.1 Å². The van der Waals surface area contributed by atoms with E-state index in [0.29, 0.717) is 13.1 Å². The van der Waals surface area contributed by atoms with Crippen LogP contribution in [0.5, 0.6) is 0 Å². The fourth-order valence-electron chi connectivity index (χ4n) is 2.06. The first-order valence-corrected chi connectivity index (χ1v) is 7.84. The second-order valence-electron chi connectivity index (χ2n) is 4.54. The van der Waals surface area contributed by atoms with E-state index in [9.17, 15) is 13.2 Å². The molecule has 0 unspecified atom stereocenters. The highest BCUT2D eigenvalue weighted by atomic mass is 32.2. The maximum atomic E-state index is 12.4. The van der Waals surface area contributed by atoms with Crippen molar-refractivity contribution >= 4 is 16.2 Å². The van der Waals surface area contributed by atoms with Crippen LogP contribution < -0.4 is 0 Å². The summed E-state index contributed by atoms with van der Waals surface area (Å²) in [7, 11) is -2.25. The van der Waals surface area contributed by atoms with Gasteiger partial charge >= 0.3 is 5.97 Å². The lowest BCUT2D eigenvalue weighted by Gasteiger charge is -2.27. The van der Waals surface area contributed by atoms with Crippen LogP contribution in [0.4, 0.5) is 0 Å². The monoisotopic (exact) mass is 294 g/mol. The number of rotatable bonds is 7. The van der Waals surface area contributed by atoms with Gasteiger partial charge in [0, 0.05) is 26.7 Å². The van der Waals surface area contributed by atoms with Gasteiger partial charge in [-0.05, 0) is 12.8 Å². The van der Waals surface area contributed by atoms with Gasteiger partial charge in [-0.15, -0.1) is 0 Å². The first-order chi connectivity index (χ1) is 8.98. The normalized spacial score (nSPS) is 18.4. The molecule has 0 spiro atoms. The molecule has 19 heavy (non-hydrogen) atoms. The number of carbonyl (C=O) groups is 1. The topological polar surface area (TPSA) is 87.1 Å². The average Bonchev–Trinajstić information content (AvgIpc) is 2.63. The van der Waals surface area contributed by atoms with Gasteiger partial charge in [-0.3, -0.25) is 4.79 Å². The zero-order valence-electron chi connectivity index (χ0n) is 11.2. The minimum atomic E-state index is -3.71. The molecule has 1 saturated heterocycles. The number of carboxylic acids is 1. The Bertz CT molecular complexity index is 377. The molecule has 0 aliphatic carbocycles.